The molecule has 0 aliphatic carbocycles. The summed E-state index contributed by atoms with van der Waals surface area (Å²) in [7, 11) is 0. The minimum absolute atomic E-state index is 0. The Labute approximate surface area is 122 Å². The molecule has 2 aromatic rings. The van der Waals surface area contributed by atoms with E-state index in [-0.39, 0.29) is 12.4 Å². The van der Waals surface area contributed by atoms with Crippen LogP contribution in [0.5, 0.6) is 0 Å². The molecular weight excluding hydrogens is 402 g/mol. The fourth-order valence-corrected chi connectivity index (χ4v) is 3.82. The quantitative estimate of drug-likeness (QED) is 0.635. The zero-order valence-corrected chi connectivity index (χ0v) is 13.0. The molecule has 1 aliphatic heterocycles. The van der Waals surface area contributed by atoms with Gasteiger partial charge in [-0.15, -0.1) is 12.4 Å². The summed E-state index contributed by atoms with van der Waals surface area (Å²) in [6.07, 6.45) is 1.11. The Morgan fingerprint density at radius 2 is 2.12 bits per heavy atom. The highest BCUT2D eigenvalue weighted by Gasteiger charge is 2.16. The fraction of sp³-hybridized carbons (Fsp3) is 0.273. The second kappa shape index (κ2) is 4.84. The summed E-state index contributed by atoms with van der Waals surface area (Å²) in [5.74, 6) is 0. The van der Waals surface area contributed by atoms with Crippen LogP contribution in [0.3, 0.4) is 0 Å². The fourth-order valence-electron chi connectivity index (χ4n) is 2.17. The Hall–Kier alpha value is 0.220. The van der Waals surface area contributed by atoms with E-state index in [0.29, 0.717) is 0 Å². The van der Waals surface area contributed by atoms with Crippen molar-refractivity contribution in [1.29, 1.82) is 0 Å². The summed E-state index contributed by atoms with van der Waals surface area (Å²) >= 11 is 5.94. The van der Waals surface area contributed by atoms with Crippen LogP contribution in [0.4, 0.5) is 0 Å². The van der Waals surface area contributed by atoms with Crippen molar-refractivity contribution in [3.8, 4) is 0 Å². The highest BCUT2D eigenvalue weighted by molar-refractivity contribution is 14.1. The van der Waals surface area contributed by atoms with Crippen molar-refractivity contribution >= 4 is 61.8 Å². The monoisotopic (exact) mass is 412 g/mol. The van der Waals surface area contributed by atoms with Gasteiger partial charge >= 0.3 is 0 Å². The molecule has 1 aromatic carbocycles. The number of hydrogen-bond acceptors (Lipinski definition) is 1. The van der Waals surface area contributed by atoms with Crippen LogP contribution in [0.25, 0.3) is 10.9 Å². The first-order valence-electron chi connectivity index (χ1n) is 4.95. The number of rotatable bonds is 0. The van der Waals surface area contributed by atoms with E-state index in [4.69, 9.17) is 0 Å². The molecule has 0 radical (unpaired) electrons. The van der Waals surface area contributed by atoms with Crippen molar-refractivity contribution in [3.63, 3.8) is 0 Å². The lowest BCUT2D eigenvalue weighted by molar-refractivity contribution is 0.641. The van der Waals surface area contributed by atoms with Crippen molar-refractivity contribution in [2.45, 2.75) is 13.0 Å². The average molecular weight is 413 g/mol. The first-order valence-corrected chi connectivity index (χ1v) is 6.82. The van der Waals surface area contributed by atoms with Gasteiger partial charge < -0.3 is 10.3 Å². The third-order valence-electron chi connectivity index (χ3n) is 2.87. The largest absolute Gasteiger partial charge is 0.357 e. The second-order valence-corrected chi connectivity index (χ2v) is 5.90. The third-order valence-corrected chi connectivity index (χ3v) is 4.18. The number of benzene rings is 1. The molecule has 16 heavy (non-hydrogen) atoms. The molecule has 0 fully saturated rings. The third kappa shape index (κ3) is 2.00. The highest BCUT2D eigenvalue weighted by Crippen LogP contribution is 2.31. The van der Waals surface area contributed by atoms with Gasteiger partial charge in [0.15, 0.2) is 0 Å². The van der Waals surface area contributed by atoms with Crippen LogP contribution in [0.1, 0.15) is 11.3 Å². The molecule has 0 unspecified atom stereocenters. The molecule has 2 nitrogen and oxygen atoms in total. The van der Waals surface area contributed by atoms with Crippen LogP contribution in [0.15, 0.2) is 16.6 Å². The van der Waals surface area contributed by atoms with Gasteiger partial charge in [0.2, 0.25) is 0 Å². The second-order valence-electron chi connectivity index (χ2n) is 3.82. The SMILES string of the molecule is Brc1cc(I)c2[nH]c3c(c2c1)CNCC3.Cl. The van der Waals surface area contributed by atoms with Crippen molar-refractivity contribution in [3.05, 3.63) is 31.4 Å². The summed E-state index contributed by atoms with van der Waals surface area (Å²) in [5, 5.41) is 4.78. The van der Waals surface area contributed by atoms with Crippen molar-refractivity contribution in [1.82, 2.24) is 10.3 Å². The van der Waals surface area contributed by atoms with Crippen LogP contribution in [-0.2, 0) is 13.0 Å². The number of fused-ring (bicyclic) bond motifs is 3. The van der Waals surface area contributed by atoms with Gasteiger partial charge in [-0.1, -0.05) is 15.9 Å². The molecular formula is C11H11BrClIN2. The van der Waals surface area contributed by atoms with Gasteiger partial charge in [-0.05, 0) is 40.3 Å². The van der Waals surface area contributed by atoms with Gasteiger partial charge in [0.1, 0.15) is 0 Å². The van der Waals surface area contributed by atoms with Crippen molar-refractivity contribution < 1.29 is 0 Å². The van der Waals surface area contributed by atoms with Crippen LogP contribution >= 0.6 is 50.9 Å². The summed E-state index contributed by atoms with van der Waals surface area (Å²) in [6.45, 7) is 2.07. The smallest absolute Gasteiger partial charge is 0.0595 e. The summed E-state index contributed by atoms with van der Waals surface area (Å²) < 4.78 is 2.44. The van der Waals surface area contributed by atoms with Crippen LogP contribution in [-0.4, -0.2) is 11.5 Å². The number of aromatic amines is 1. The van der Waals surface area contributed by atoms with E-state index in [1.165, 1.54) is 25.7 Å². The Morgan fingerprint density at radius 3 is 2.94 bits per heavy atom. The van der Waals surface area contributed by atoms with Gasteiger partial charge in [-0.25, -0.2) is 0 Å². The zero-order valence-electron chi connectivity index (χ0n) is 8.44. The van der Waals surface area contributed by atoms with Crippen molar-refractivity contribution in [2.75, 3.05) is 6.54 Å². The molecule has 2 heterocycles. The number of hydrogen-bond donors (Lipinski definition) is 2. The number of H-pyrrole nitrogens is 1. The number of halogens is 3. The van der Waals surface area contributed by atoms with Crippen molar-refractivity contribution in [2.24, 2.45) is 0 Å². The minimum Gasteiger partial charge on any atom is -0.357 e. The van der Waals surface area contributed by atoms with E-state index < -0.39 is 0 Å². The van der Waals surface area contributed by atoms with Crippen LogP contribution in [0.2, 0.25) is 0 Å². The van der Waals surface area contributed by atoms with Gasteiger partial charge in [0, 0.05) is 38.6 Å². The molecule has 0 saturated heterocycles. The highest BCUT2D eigenvalue weighted by atomic mass is 127. The van der Waals surface area contributed by atoms with E-state index in [9.17, 15) is 0 Å². The van der Waals surface area contributed by atoms with E-state index in [2.05, 4.69) is 61.0 Å². The van der Waals surface area contributed by atoms with E-state index >= 15 is 0 Å². The molecule has 1 aliphatic rings. The summed E-state index contributed by atoms with van der Waals surface area (Å²) in [4.78, 5) is 3.54. The lowest BCUT2D eigenvalue weighted by Crippen LogP contribution is -2.22. The maximum absolute atomic E-state index is 3.56. The first kappa shape index (κ1) is 12.7. The predicted octanol–water partition coefficient (Wildman–Crippen LogP) is 3.60. The first-order chi connectivity index (χ1) is 7.25. The maximum Gasteiger partial charge on any atom is 0.0595 e. The molecule has 5 heteroatoms. The Morgan fingerprint density at radius 1 is 1.31 bits per heavy atom. The molecule has 0 bridgehead atoms. The Bertz CT molecular complexity index is 538. The molecule has 2 N–H and O–H groups in total. The zero-order chi connectivity index (χ0) is 10.4. The van der Waals surface area contributed by atoms with Crippen LogP contribution < -0.4 is 5.32 Å². The Kier molecular flexibility index (Phi) is 3.83. The number of aromatic nitrogens is 1. The van der Waals surface area contributed by atoms with E-state index in [1.807, 2.05) is 0 Å². The summed E-state index contributed by atoms with van der Waals surface area (Å²) in [5.41, 5.74) is 4.13. The average Bonchev–Trinajstić information content (AvgIpc) is 2.57. The lowest BCUT2D eigenvalue weighted by atomic mass is 10.1. The maximum atomic E-state index is 3.56. The number of nitrogens with one attached hydrogen (secondary N) is 2. The minimum atomic E-state index is 0. The Balaban J connectivity index is 0.000000963. The molecule has 0 amide bonds. The molecule has 0 atom stereocenters. The summed E-state index contributed by atoms with van der Waals surface area (Å²) in [6, 6.07) is 4.36. The molecule has 0 spiro atoms. The van der Waals surface area contributed by atoms with Gasteiger partial charge in [-0.2, -0.15) is 0 Å². The van der Waals surface area contributed by atoms with Gasteiger partial charge in [0.25, 0.3) is 0 Å². The standard InChI is InChI=1S/C11H10BrIN2.ClH/c12-6-3-7-8-5-14-2-1-10(8)15-11(7)9(13)4-6;/h3-4,14-15H,1-2,5H2;1H. The molecule has 0 saturated carbocycles. The topological polar surface area (TPSA) is 27.8 Å². The lowest BCUT2D eigenvalue weighted by Gasteiger charge is -2.12. The normalized spacial score (nSPS) is 14.6. The van der Waals surface area contributed by atoms with E-state index in [1.54, 1.807) is 0 Å². The molecule has 3 rings (SSSR count). The molecule has 86 valence electrons. The van der Waals surface area contributed by atoms with E-state index in [0.717, 1.165) is 24.0 Å². The van der Waals surface area contributed by atoms with Gasteiger partial charge in [-0.3, -0.25) is 0 Å². The van der Waals surface area contributed by atoms with Gasteiger partial charge in [0.05, 0.1) is 5.52 Å². The molecule has 1 aromatic heterocycles. The predicted molar refractivity (Wildman–Crippen MR) is 81.4 cm³/mol. The van der Waals surface area contributed by atoms with Crippen LogP contribution in [0, 0.1) is 3.57 Å².